The second-order valence-electron chi connectivity index (χ2n) is 3.49. The molecule has 0 saturated heterocycles. The fraction of sp³-hybridized carbons (Fsp3) is 0.364. The number of carbonyl (C=O) groups is 1. The van der Waals surface area contributed by atoms with Gasteiger partial charge in [-0.2, -0.15) is 13.3 Å². The van der Waals surface area contributed by atoms with Crippen molar-refractivity contribution in [3.05, 3.63) is 29.8 Å². The maximum atomic E-state index is 11.7. The Balaban J connectivity index is 2.45. The summed E-state index contributed by atoms with van der Waals surface area (Å²) in [6.45, 7) is 2.63. The highest BCUT2D eigenvalue weighted by Gasteiger charge is 2.14. The van der Waals surface area contributed by atoms with E-state index in [0.29, 0.717) is 0 Å². The quantitative estimate of drug-likeness (QED) is 0.335. The molecule has 0 aliphatic rings. The van der Waals surface area contributed by atoms with Crippen molar-refractivity contribution in [2.75, 3.05) is 13.2 Å². The highest BCUT2D eigenvalue weighted by Crippen LogP contribution is 2.12. The van der Waals surface area contributed by atoms with Gasteiger partial charge in [0.15, 0.2) is 0 Å². The molecule has 0 heterocycles. The zero-order chi connectivity index (χ0) is 13.6. The Bertz CT molecular complexity index is 491. The molecule has 18 heavy (non-hydrogen) atoms. The fourth-order valence-corrected chi connectivity index (χ4v) is 1.97. The van der Waals surface area contributed by atoms with Crippen molar-refractivity contribution >= 4 is 16.1 Å². The highest BCUT2D eigenvalue weighted by atomic mass is 32.2. The first-order valence-electron chi connectivity index (χ1n) is 5.18. The van der Waals surface area contributed by atoms with Crippen LogP contribution in [-0.4, -0.2) is 27.6 Å². The predicted molar refractivity (Wildman–Crippen MR) is 62.0 cm³/mol. The van der Waals surface area contributed by atoms with Gasteiger partial charge in [0.25, 0.3) is 10.1 Å². The van der Waals surface area contributed by atoms with Crippen molar-refractivity contribution in [2.24, 2.45) is 0 Å². The van der Waals surface area contributed by atoms with Gasteiger partial charge in [0.2, 0.25) is 0 Å². The number of rotatable bonds is 6. The third-order valence-corrected chi connectivity index (χ3v) is 3.22. The topological polar surface area (TPSA) is 78.9 Å². The van der Waals surface area contributed by atoms with Gasteiger partial charge in [-0.1, -0.05) is 17.7 Å². The minimum Gasteiger partial charge on any atom is -0.299 e. The van der Waals surface area contributed by atoms with E-state index >= 15 is 0 Å². The Morgan fingerprint density at radius 3 is 2.33 bits per heavy atom. The van der Waals surface area contributed by atoms with Gasteiger partial charge in [-0.15, -0.1) is 0 Å². The Labute approximate surface area is 106 Å². The molecular formula is C11H14O6S. The molecule has 100 valence electrons. The molecule has 0 saturated carbocycles. The van der Waals surface area contributed by atoms with Crippen LogP contribution in [0.25, 0.3) is 0 Å². The van der Waals surface area contributed by atoms with Crippen LogP contribution < -0.4 is 0 Å². The molecule has 0 aliphatic carbocycles. The van der Waals surface area contributed by atoms with E-state index in [1.54, 1.807) is 12.1 Å². The maximum Gasteiger partial charge on any atom is 0.339 e. The van der Waals surface area contributed by atoms with Gasteiger partial charge in [0.05, 0.1) is 11.5 Å². The molecule has 0 aromatic heterocycles. The van der Waals surface area contributed by atoms with Crippen LogP contribution in [-0.2, 0) is 28.9 Å². The van der Waals surface area contributed by atoms with E-state index in [1.165, 1.54) is 19.1 Å². The van der Waals surface area contributed by atoms with Crippen molar-refractivity contribution in [2.45, 2.75) is 18.7 Å². The summed E-state index contributed by atoms with van der Waals surface area (Å²) in [6, 6.07) is 6.26. The molecule has 0 N–H and O–H groups in total. The largest absolute Gasteiger partial charge is 0.339 e. The Kier molecular flexibility index (Phi) is 5.26. The first kappa shape index (κ1) is 14.6. The summed E-state index contributed by atoms with van der Waals surface area (Å²) in [5.41, 5.74) is 0.951. The molecule has 0 unspecified atom stereocenters. The molecule has 0 amide bonds. The second-order valence-corrected chi connectivity index (χ2v) is 5.10. The van der Waals surface area contributed by atoms with Crippen molar-refractivity contribution < 1.29 is 27.2 Å². The van der Waals surface area contributed by atoms with Crippen LogP contribution in [0.15, 0.2) is 29.2 Å². The molecule has 0 bridgehead atoms. The molecule has 7 heteroatoms. The van der Waals surface area contributed by atoms with Crippen molar-refractivity contribution in [1.82, 2.24) is 0 Å². The summed E-state index contributed by atoms with van der Waals surface area (Å²) in [6.07, 6.45) is 0. The number of aryl methyl sites for hydroxylation is 1. The summed E-state index contributed by atoms with van der Waals surface area (Å²) in [5, 5.41) is 0. The number of hydrogen-bond donors (Lipinski definition) is 0. The van der Waals surface area contributed by atoms with Crippen LogP contribution in [0.2, 0.25) is 0 Å². The van der Waals surface area contributed by atoms with Gasteiger partial charge in [-0.3, -0.25) is 9.07 Å². The van der Waals surface area contributed by atoms with Crippen LogP contribution in [0, 0.1) is 6.92 Å². The van der Waals surface area contributed by atoms with Crippen LogP contribution in [0.3, 0.4) is 0 Å². The molecule has 1 aromatic rings. The molecule has 0 spiro atoms. The summed E-state index contributed by atoms with van der Waals surface area (Å²) in [4.78, 5) is 19.0. The van der Waals surface area contributed by atoms with Crippen LogP contribution >= 0.6 is 0 Å². The molecule has 0 radical (unpaired) electrons. The standard InChI is InChI=1S/C11H14O6S/c1-9-3-5-11(6-4-9)18(13,14)16-8-7-15-17-10(2)12/h3-6H,7-8H2,1-2H3. The lowest BCUT2D eigenvalue weighted by molar-refractivity contribution is -0.272. The lowest BCUT2D eigenvalue weighted by atomic mass is 10.2. The number of carbonyl (C=O) groups excluding carboxylic acids is 1. The van der Waals surface area contributed by atoms with Gasteiger partial charge in [0.1, 0.15) is 6.61 Å². The van der Waals surface area contributed by atoms with Gasteiger partial charge in [0, 0.05) is 6.92 Å². The van der Waals surface area contributed by atoms with Gasteiger partial charge < -0.3 is 0 Å². The van der Waals surface area contributed by atoms with Crippen LogP contribution in [0.4, 0.5) is 0 Å². The summed E-state index contributed by atoms with van der Waals surface area (Å²) in [7, 11) is -3.80. The number of benzene rings is 1. The van der Waals surface area contributed by atoms with E-state index in [2.05, 4.69) is 9.78 Å². The van der Waals surface area contributed by atoms with Gasteiger partial charge >= 0.3 is 5.97 Å². The Morgan fingerprint density at radius 1 is 1.17 bits per heavy atom. The molecule has 1 aromatic carbocycles. The monoisotopic (exact) mass is 274 g/mol. The first-order chi connectivity index (χ1) is 8.42. The lowest BCUT2D eigenvalue weighted by Gasteiger charge is -2.05. The summed E-state index contributed by atoms with van der Waals surface area (Å²) < 4.78 is 28.0. The van der Waals surface area contributed by atoms with Crippen molar-refractivity contribution in [3.8, 4) is 0 Å². The van der Waals surface area contributed by atoms with Crippen LogP contribution in [0.1, 0.15) is 12.5 Å². The normalized spacial score (nSPS) is 11.2. The van der Waals surface area contributed by atoms with E-state index in [1.807, 2.05) is 6.92 Å². The number of hydrogen-bond acceptors (Lipinski definition) is 6. The smallest absolute Gasteiger partial charge is 0.299 e. The second kappa shape index (κ2) is 6.48. The zero-order valence-corrected chi connectivity index (χ0v) is 10.9. The Hall–Kier alpha value is -1.44. The molecule has 1 rings (SSSR count). The SMILES string of the molecule is CC(=O)OOCCOS(=O)(=O)c1ccc(C)cc1. The average molecular weight is 274 g/mol. The van der Waals surface area contributed by atoms with E-state index in [9.17, 15) is 13.2 Å². The molecule has 0 atom stereocenters. The minimum absolute atomic E-state index is 0.0700. The lowest BCUT2D eigenvalue weighted by Crippen LogP contribution is -2.12. The first-order valence-corrected chi connectivity index (χ1v) is 6.59. The van der Waals surface area contributed by atoms with Gasteiger partial charge in [-0.05, 0) is 19.1 Å². The fourth-order valence-electron chi connectivity index (χ4n) is 1.08. The summed E-state index contributed by atoms with van der Waals surface area (Å²) >= 11 is 0. The van der Waals surface area contributed by atoms with E-state index in [-0.39, 0.29) is 18.1 Å². The molecular weight excluding hydrogens is 260 g/mol. The van der Waals surface area contributed by atoms with E-state index < -0.39 is 16.1 Å². The zero-order valence-electron chi connectivity index (χ0n) is 10.1. The minimum atomic E-state index is -3.80. The average Bonchev–Trinajstić information content (AvgIpc) is 2.28. The molecule has 0 aliphatic heterocycles. The summed E-state index contributed by atoms with van der Waals surface area (Å²) in [5.74, 6) is -0.614. The van der Waals surface area contributed by atoms with Gasteiger partial charge in [-0.25, -0.2) is 4.79 Å². The molecule has 6 nitrogen and oxygen atoms in total. The molecule has 0 fully saturated rings. The van der Waals surface area contributed by atoms with Crippen LogP contribution in [0.5, 0.6) is 0 Å². The third kappa shape index (κ3) is 4.82. The van der Waals surface area contributed by atoms with E-state index in [4.69, 9.17) is 4.18 Å². The highest BCUT2D eigenvalue weighted by molar-refractivity contribution is 7.86. The predicted octanol–water partition coefficient (Wildman–Crippen LogP) is 1.20. The third-order valence-electron chi connectivity index (χ3n) is 1.89. The van der Waals surface area contributed by atoms with E-state index in [0.717, 1.165) is 5.56 Å². The Morgan fingerprint density at radius 2 is 1.78 bits per heavy atom. The van der Waals surface area contributed by atoms with Crippen molar-refractivity contribution in [1.29, 1.82) is 0 Å². The maximum absolute atomic E-state index is 11.7. The van der Waals surface area contributed by atoms with Crippen molar-refractivity contribution in [3.63, 3.8) is 0 Å².